The molecule has 1 fully saturated rings. The van der Waals surface area contributed by atoms with Gasteiger partial charge in [-0.2, -0.15) is 0 Å². The van der Waals surface area contributed by atoms with Crippen LogP contribution in [0.4, 0.5) is 5.82 Å². The first-order valence-electron chi connectivity index (χ1n) is 4.59. The Bertz CT molecular complexity index is 475. The number of fused-ring (bicyclic) bond motifs is 1. The van der Waals surface area contributed by atoms with Gasteiger partial charge in [0.15, 0.2) is 11.5 Å². The molecule has 14 heavy (non-hydrogen) atoms. The smallest absolute Gasteiger partial charge is 0.180 e. The van der Waals surface area contributed by atoms with Crippen LogP contribution in [-0.2, 0) is 0 Å². The maximum Gasteiger partial charge on any atom is 0.180 e. The third kappa shape index (κ3) is 1.37. The zero-order chi connectivity index (χ0) is 9.54. The lowest BCUT2D eigenvalue weighted by Crippen LogP contribution is -2.05. The fourth-order valence-corrected chi connectivity index (χ4v) is 1.82. The molecule has 1 saturated carbocycles. The normalized spacial score (nSPS) is 16.1. The number of rotatable bonds is 2. The highest BCUT2D eigenvalue weighted by atomic mass is 79.9. The summed E-state index contributed by atoms with van der Waals surface area (Å²) in [7, 11) is 0. The second kappa shape index (κ2) is 2.95. The molecule has 0 amide bonds. The van der Waals surface area contributed by atoms with Gasteiger partial charge >= 0.3 is 0 Å². The first-order valence-corrected chi connectivity index (χ1v) is 5.38. The number of imidazole rings is 1. The molecular formula is C9H9BrN4. The number of nitrogens with zero attached hydrogens (tertiary/aromatic N) is 3. The van der Waals surface area contributed by atoms with Gasteiger partial charge in [0, 0.05) is 24.6 Å². The van der Waals surface area contributed by atoms with Crippen molar-refractivity contribution in [3.05, 3.63) is 23.2 Å². The average Bonchev–Trinajstić information content (AvgIpc) is 2.81. The van der Waals surface area contributed by atoms with Crippen LogP contribution >= 0.6 is 15.9 Å². The van der Waals surface area contributed by atoms with Crippen molar-refractivity contribution < 1.29 is 0 Å². The molecule has 2 heterocycles. The van der Waals surface area contributed by atoms with E-state index >= 15 is 0 Å². The molecule has 5 heteroatoms. The number of nitrogens with one attached hydrogen (secondary N) is 1. The summed E-state index contributed by atoms with van der Waals surface area (Å²) in [5, 5.41) is 3.36. The minimum Gasteiger partial charge on any atom is -0.364 e. The Balaban J connectivity index is 2.13. The predicted molar refractivity (Wildman–Crippen MR) is 57.3 cm³/mol. The van der Waals surface area contributed by atoms with E-state index in [1.165, 1.54) is 12.8 Å². The van der Waals surface area contributed by atoms with Crippen molar-refractivity contribution in [1.29, 1.82) is 0 Å². The Morgan fingerprint density at radius 1 is 1.50 bits per heavy atom. The Morgan fingerprint density at radius 3 is 3.14 bits per heavy atom. The molecule has 0 radical (unpaired) electrons. The third-order valence-electron chi connectivity index (χ3n) is 2.26. The highest BCUT2D eigenvalue weighted by Gasteiger charge is 2.22. The SMILES string of the molecule is Brc1cn2ccnc2c(NC2CC2)n1. The van der Waals surface area contributed by atoms with Crippen molar-refractivity contribution >= 4 is 27.4 Å². The number of halogens is 1. The molecule has 0 spiro atoms. The van der Waals surface area contributed by atoms with Crippen LogP contribution in [0.5, 0.6) is 0 Å². The van der Waals surface area contributed by atoms with Gasteiger partial charge < -0.3 is 9.72 Å². The summed E-state index contributed by atoms with van der Waals surface area (Å²) in [5.41, 5.74) is 0.889. The van der Waals surface area contributed by atoms with Gasteiger partial charge in [-0.1, -0.05) is 0 Å². The third-order valence-corrected chi connectivity index (χ3v) is 2.64. The molecule has 0 saturated heterocycles. The van der Waals surface area contributed by atoms with Crippen molar-refractivity contribution in [3.63, 3.8) is 0 Å². The van der Waals surface area contributed by atoms with Crippen molar-refractivity contribution in [2.75, 3.05) is 5.32 Å². The fourth-order valence-electron chi connectivity index (χ4n) is 1.42. The molecule has 0 aromatic carbocycles. The number of aromatic nitrogens is 3. The zero-order valence-electron chi connectivity index (χ0n) is 7.44. The van der Waals surface area contributed by atoms with Crippen LogP contribution in [0, 0.1) is 0 Å². The number of hydrogen-bond donors (Lipinski definition) is 1. The molecule has 0 unspecified atom stereocenters. The van der Waals surface area contributed by atoms with E-state index in [9.17, 15) is 0 Å². The second-order valence-corrected chi connectivity index (χ2v) is 4.30. The Hall–Kier alpha value is -1.10. The minimum atomic E-state index is 0.595. The van der Waals surface area contributed by atoms with Crippen molar-refractivity contribution in [1.82, 2.24) is 14.4 Å². The van der Waals surface area contributed by atoms with E-state index in [0.29, 0.717) is 6.04 Å². The van der Waals surface area contributed by atoms with E-state index in [1.807, 2.05) is 16.8 Å². The molecule has 1 aliphatic rings. The maximum atomic E-state index is 4.38. The molecule has 0 atom stereocenters. The summed E-state index contributed by atoms with van der Waals surface area (Å²) in [5.74, 6) is 0.867. The van der Waals surface area contributed by atoms with E-state index < -0.39 is 0 Å². The molecule has 0 aliphatic heterocycles. The van der Waals surface area contributed by atoms with E-state index in [2.05, 4.69) is 31.2 Å². The fraction of sp³-hybridized carbons (Fsp3) is 0.333. The topological polar surface area (TPSA) is 42.2 Å². The second-order valence-electron chi connectivity index (χ2n) is 3.49. The van der Waals surface area contributed by atoms with Crippen LogP contribution in [0.15, 0.2) is 23.2 Å². The van der Waals surface area contributed by atoms with Crippen LogP contribution in [0.1, 0.15) is 12.8 Å². The summed E-state index contributed by atoms with van der Waals surface area (Å²) in [6.07, 6.45) is 8.07. The molecule has 72 valence electrons. The van der Waals surface area contributed by atoms with E-state index in [0.717, 1.165) is 16.1 Å². The highest BCUT2D eigenvalue weighted by molar-refractivity contribution is 9.10. The van der Waals surface area contributed by atoms with Gasteiger partial charge in [0.25, 0.3) is 0 Å². The minimum absolute atomic E-state index is 0.595. The average molecular weight is 253 g/mol. The van der Waals surface area contributed by atoms with Gasteiger partial charge in [-0.15, -0.1) is 0 Å². The number of anilines is 1. The largest absolute Gasteiger partial charge is 0.364 e. The Morgan fingerprint density at radius 2 is 2.36 bits per heavy atom. The van der Waals surface area contributed by atoms with E-state index in [1.54, 1.807) is 6.20 Å². The van der Waals surface area contributed by atoms with Crippen molar-refractivity contribution in [2.45, 2.75) is 18.9 Å². The van der Waals surface area contributed by atoms with Crippen LogP contribution < -0.4 is 5.32 Å². The molecule has 0 bridgehead atoms. The standard InChI is InChI=1S/C9H9BrN4/c10-7-5-14-4-3-11-9(14)8(13-7)12-6-1-2-6/h3-6H,1-2H2,(H,12,13). The zero-order valence-corrected chi connectivity index (χ0v) is 9.03. The van der Waals surface area contributed by atoms with Gasteiger partial charge in [-0.25, -0.2) is 9.97 Å². The first kappa shape index (κ1) is 8.23. The molecule has 2 aromatic heterocycles. The highest BCUT2D eigenvalue weighted by Crippen LogP contribution is 2.26. The van der Waals surface area contributed by atoms with Gasteiger partial charge in [0.1, 0.15) is 4.60 Å². The van der Waals surface area contributed by atoms with Crippen LogP contribution in [0.2, 0.25) is 0 Å². The van der Waals surface area contributed by atoms with Gasteiger partial charge in [0.05, 0.1) is 0 Å². The molecule has 2 aromatic rings. The number of hydrogen-bond acceptors (Lipinski definition) is 3. The molecule has 1 N–H and O–H groups in total. The summed E-state index contributed by atoms with van der Waals surface area (Å²) in [6, 6.07) is 0.595. The maximum absolute atomic E-state index is 4.38. The van der Waals surface area contributed by atoms with Crippen molar-refractivity contribution in [2.24, 2.45) is 0 Å². The summed E-state index contributed by atoms with van der Waals surface area (Å²) in [6.45, 7) is 0. The first-order chi connectivity index (χ1) is 6.83. The lowest BCUT2D eigenvalue weighted by molar-refractivity contribution is 1.05. The van der Waals surface area contributed by atoms with E-state index in [-0.39, 0.29) is 0 Å². The molecular weight excluding hydrogens is 244 g/mol. The Labute approximate surface area is 89.5 Å². The summed E-state index contributed by atoms with van der Waals surface area (Å²) >= 11 is 3.38. The quantitative estimate of drug-likeness (QED) is 0.890. The van der Waals surface area contributed by atoms with Gasteiger partial charge in [0.2, 0.25) is 0 Å². The van der Waals surface area contributed by atoms with Gasteiger partial charge in [-0.3, -0.25) is 0 Å². The molecule has 4 nitrogen and oxygen atoms in total. The lowest BCUT2D eigenvalue weighted by Gasteiger charge is -2.05. The summed E-state index contributed by atoms with van der Waals surface area (Å²) in [4.78, 5) is 8.63. The monoisotopic (exact) mass is 252 g/mol. The Kier molecular flexibility index (Phi) is 1.73. The molecule has 1 aliphatic carbocycles. The predicted octanol–water partition coefficient (Wildman–Crippen LogP) is 2.07. The molecule has 3 rings (SSSR count). The van der Waals surface area contributed by atoms with Crippen LogP contribution in [-0.4, -0.2) is 20.4 Å². The summed E-state index contributed by atoms with van der Waals surface area (Å²) < 4.78 is 2.79. The van der Waals surface area contributed by atoms with Gasteiger partial charge in [-0.05, 0) is 28.8 Å². The van der Waals surface area contributed by atoms with Crippen LogP contribution in [0.25, 0.3) is 5.65 Å². The lowest BCUT2D eigenvalue weighted by atomic mass is 10.5. The van der Waals surface area contributed by atoms with E-state index in [4.69, 9.17) is 0 Å². The van der Waals surface area contributed by atoms with Crippen LogP contribution in [0.3, 0.4) is 0 Å². The van der Waals surface area contributed by atoms with Crippen molar-refractivity contribution in [3.8, 4) is 0 Å².